The average molecular weight is 362 g/mol. The summed E-state index contributed by atoms with van der Waals surface area (Å²) in [7, 11) is -3.78. The van der Waals surface area contributed by atoms with Gasteiger partial charge in [-0.2, -0.15) is 0 Å². The summed E-state index contributed by atoms with van der Waals surface area (Å²) in [5.74, 6) is 0.450. The summed E-state index contributed by atoms with van der Waals surface area (Å²) in [6, 6.07) is 3.72. The number of rotatable bonds is 5. The summed E-state index contributed by atoms with van der Waals surface area (Å²) in [6.07, 6.45) is 6.93. The lowest BCUT2D eigenvalue weighted by atomic mass is 10.0. The van der Waals surface area contributed by atoms with Gasteiger partial charge in [-0.25, -0.2) is 17.5 Å². The molecule has 0 aliphatic heterocycles. The fourth-order valence-corrected chi connectivity index (χ4v) is 5.00. The van der Waals surface area contributed by atoms with E-state index in [1.54, 1.807) is 6.07 Å². The number of benzene rings is 1. The quantitative estimate of drug-likeness (QED) is 0.884. The monoisotopic (exact) mass is 362 g/mol. The largest absolute Gasteiger partial charge is 0.260 e. The number of hydrogen-bond acceptors (Lipinski definition) is 3. The van der Waals surface area contributed by atoms with Crippen molar-refractivity contribution in [1.82, 2.24) is 9.71 Å². The number of pyridine rings is 1. The first kappa shape index (κ1) is 16.9. The lowest BCUT2D eigenvalue weighted by Gasteiger charge is -2.17. The zero-order chi connectivity index (χ0) is 17.8. The first-order valence-electron chi connectivity index (χ1n) is 8.88. The van der Waals surface area contributed by atoms with Crippen LogP contribution in [0.4, 0.5) is 4.39 Å². The van der Waals surface area contributed by atoms with Crippen LogP contribution in [0.25, 0.3) is 10.8 Å². The maximum Gasteiger partial charge on any atom is 0.241 e. The Bertz CT molecular complexity index is 944. The predicted molar refractivity (Wildman–Crippen MR) is 96.1 cm³/mol. The molecule has 1 saturated carbocycles. The SMILES string of the molecule is CC(C)(F)CNS(=O)(=O)c1cc2c(c3cnc(C4CC4)cc13)CCC2. The Labute approximate surface area is 147 Å². The Morgan fingerprint density at radius 2 is 2.00 bits per heavy atom. The number of nitrogens with one attached hydrogen (secondary N) is 1. The maximum absolute atomic E-state index is 13.8. The van der Waals surface area contributed by atoms with Crippen LogP contribution in [-0.4, -0.2) is 25.6 Å². The van der Waals surface area contributed by atoms with Crippen molar-refractivity contribution in [3.63, 3.8) is 0 Å². The molecular formula is C19H23FN2O2S. The highest BCUT2D eigenvalue weighted by molar-refractivity contribution is 7.89. The van der Waals surface area contributed by atoms with E-state index in [1.807, 2.05) is 12.3 Å². The number of sulfonamides is 1. The summed E-state index contributed by atoms with van der Waals surface area (Å²) in [5.41, 5.74) is 1.66. The molecule has 0 spiro atoms. The fraction of sp³-hybridized carbons (Fsp3) is 0.526. The van der Waals surface area contributed by atoms with Gasteiger partial charge in [0.25, 0.3) is 0 Å². The van der Waals surface area contributed by atoms with Crippen molar-refractivity contribution in [2.75, 3.05) is 6.54 Å². The number of alkyl halides is 1. The van der Waals surface area contributed by atoms with E-state index in [4.69, 9.17) is 0 Å². The van der Waals surface area contributed by atoms with Gasteiger partial charge in [0.05, 0.1) is 4.90 Å². The van der Waals surface area contributed by atoms with E-state index >= 15 is 0 Å². The summed E-state index contributed by atoms with van der Waals surface area (Å²) in [6.45, 7) is 2.49. The lowest BCUT2D eigenvalue weighted by molar-refractivity contribution is 0.221. The van der Waals surface area contributed by atoms with Crippen molar-refractivity contribution in [3.05, 3.63) is 35.2 Å². The van der Waals surface area contributed by atoms with Gasteiger partial charge in [-0.05, 0) is 69.2 Å². The van der Waals surface area contributed by atoms with Crippen LogP contribution in [0.5, 0.6) is 0 Å². The smallest absolute Gasteiger partial charge is 0.241 e. The number of halogens is 1. The van der Waals surface area contributed by atoms with Gasteiger partial charge < -0.3 is 0 Å². The van der Waals surface area contributed by atoms with Crippen molar-refractivity contribution in [1.29, 1.82) is 0 Å². The molecule has 0 saturated heterocycles. The van der Waals surface area contributed by atoms with Crippen LogP contribution >= 0.6 is 0 Å². The molecule has 4 rings (SSSR count). The molecule has 6 heteroatoms. The molecular weight excluding hydrogens is 339 g/mol. The molecule has 1 N–H and O–H groups in total. The summed E-state index contributed by atoms with van der Waals surface area (Å²) < 4.78 is 42.0. The molecule has 0 bridgehead atoms. The third-order valence-electron chi connectivity index (χ3n) is 5.05. The minimum atomic E-state index is -3.78. The molecule has 134 valence electrons. The molecule has 1 aromatic carbocycles. The Balaban J connectivity index is 1.87. The van der Waals surface area contributed by atoms with Crippen molar-refractivity contribution in [3.8, 4) is 0 Å². The van der Waals surface area contributed by atoms with Gasteiger partial charge in [0.2, 0.25) is 10.0 Å². The van der Waals surface area contributed by atoms with Crippen LogP contribution in [-0.2, 0) is 22.9 Å². The highest BCUT2D eigenvalue weighted by atomic mass is 32.2. The Morgan fingerprint density at radius 3 is 2.68 bits per heavy atom. The number of aryl methyl sites for hydroxylation is 2. The number of hydrogen-bond donors (Lipinski definition) is 1. The van der Waals surface area contributed by atoms with Crippen LogP contribution in [0.1, 0.15) is 55.8 Å². The van der Waals surface area contributed by atoms with Gasteiger partial charge >= 0.3 is 0 Å². The zero-order valence-corrected chi connectivity index (χ0v) is 15.4. The molecule has 2 aromatic rings. The van der Waals surface area contributed by atoms with E-state index in [0.717, 1.165) is 54.1 Å². The average Bonchev–Trinajstić information content (AvgIpc) is 3.28. The van der Waals surface area contributed by atoms with Gasteiger partial charge in [-0.1, -0.05) is 0 Å². The van der Waals surface area contributed by atoms with Crippen LogP contribution < -0.4 is 4.72 Å². The van der Waals surface area contributed by atoms with Gasteiger partial charge in [0.1, 0.15) is 5.67 Å². The van der Waals surface area contributed by atoms with Crippen molar-refractivity contribution < 1.29 is 12.8 Å². The summed E-state index contributed by atoms with van der Waals surface area (Å²) in [5, 5.41) is 1.65. The fourth-order valence-electron chi connectivity index (χ4n) is 3.55. The highest BCUT2D eigenvalue weighted by Crippen LogP contribution is 2.41. The molecule has 2 aliphatic carbocycles. The first-order valence-corrected chi connectivity index (χ1v) is 10.4. The second kappa shape index (κ2) is 5.74. The van der Waals surface area contributed by atoms with Crippen molar-refractivity contribution >= 4 is 20.8 Å². The minimum Gasteiger partial charge on any atom is -0.260 e. The van der Waals surface area contributed by atoms with Gasteiger partial charge in [0.15, 0.2) is 0 Å². The first-order chi connectivity index (χ1) is 11.7. The van der Waals surface area contributed by atoms with E-state index in [-0.39, 0.29) is 11.4 Å². The highest BCUT2D eigenvalue weighted by Gasteiger charge is 2.29. The second-order valence-corrected chi connectivity index (χ2v) is 9.57. The van der Waals surface area contributed by atoms with Crippen LogP contribution in [0.15, 0.2) is 23.2 Å². The van der Waals surface area contributed by atoms with Gasteiger partial charge in [-0.3, -0.25) is 4.98 Å². The van der Waals surface area contributed by atoms with E-state index in [2.05, 4.69) is 9.71 Å². The van der Waals surface area contributed by atoms with Gasteiger partial charge in [-0.15, -0.1) is 0 Å². The second-order valence-electron chi connectivity index (χ2n) is 7.84. The molecule has 1 heterocycles. The summed E-state index contributed by atoms with van der Waals surface area (Å²) >= 11 is 0. The van der Waals surface area contributed by atoms with Crippen molar-refractivity contribution in [2.24, 2.45) is 0 Å². The van der Waals surface area contributed by atoms with Crippen molar-refractivity contribution in [2.45, 2.75) is 62.4 Å². The Hall–Kier alpha value is -1.53. The maximum atomic E-state index is 13.8. The van der Waals surface area contributed by atoms with E-state index in [1.165, 1.54) is 19.4 Å². The molecule has 0 radical (unpaired) electrons. The van der Waals surface area contributed by atoms with E-state index in [0.29, 0.717) is 5.92 Å². The summed E-state index contributed by atoms with van der Waals surface area (Å²) in [4.78, 5) is 4.84. The third-order valence-corrected chi connectivity index (χ3v) is 6.49. The number of fused-ring (bicyclic) bond motifs is 3. The standard InChI is InChI=1S/C19H23FN2O2S/c1-19(2,20)11-22-25(23,24)18-8-13-4-3-5-14(13)16-10-21-17(9-15(16)18)12-6-7-12/h8-10,12,22H,3-7,11H2,1-2H3. The topological polar surface area (TPSA) is 59.1 Å². The molecule has 1 aromatic heterocycles. The molecule has 1 fully saturated rings. The third kappa shape index (κ3) is 3.29. The predicted octanol–water partition coefficient (Wildman–Crippen LogP) is 3.63. The van der Waals surface area contributed by atoms with E-state index < -0.39 is 15.7 Å². The Kier molecular flexibility index (Phi) is 3.88. The Morgan fingerprint density at radius 1 is 1.24 bits per heavy atom. The number of nitrogens with zero attached hydrogens (tertiary/aromatic N) is 1. The molecule has 25 heavy (non-hydrogen) atoms. The minimum absolute atomic E-state index is 0.242. The molecule has 0 atom stereocenters. The molecule has 4 nitrogen and oxygen atoms in total. The van der Waals surface area contributed by atoms with Crippen LogP contribution in [0, 0.1) is 0 Å². The molecule has 0 amide bonds. The molecule has 2 aliphatic rings. The molecule has 0 unspecified atom stereocenters. The number of aromatic nitrogens is 1. The van der Waals surface area contributed by atoms with Crippen LogP contribution in [0.2, 0.25) is 0 Å². The van der Waals surface area contributed by atoms with Gasteiger partial charge in [0, 0.05) is 35.1 Å². The van der Waals surface area contributed by atoms with E-state index in [9.17, 15) is 12.8 Å². The lowest BCUT2D eigenvalue weighted by Crippen LogP contribution is -2.35. The normalized spacial score (nSPS) is 17.9. The zero-order valence-electron chi connectivity index (χ0n) is 14.6. The van der Waals surface area contributed by atoms with Crippen LogP contribution in [0.3, 0.4) is 0 Å².